The monoisotopic (exact) mass is 157 g/mol. The lowest BCUT2D eigenvalue weighted by atomic mass is 10.2. The summed E-state index contributed by atoms with van der Waals surface area (Å²) < 4.78 is 0. The summed E-state index contributed by atoms with van der Waals surface area (Å²) in [5, 5.41) is 0. The van der Waals surface area contributed by atoms with Gasteiger partial charge in [-0.3, -0.25) is 0 Å². The SMILES string of the molecule is CCC.CN1CCCCCC1. The minimum absolute atomic E-state index is 1.25. The Morgan fingerprint density at radius 2 is 1.27 bits per heavy atom. The van der Waals surface area contributed by atoms with Gasteiger partial charge in [0.15, 0.2) is 0 Å². The average Bonchev–Trinajstić information content (AvgIpc) is 2.18. The van der Waals surface area contributed by atoms with E-state index in [0.717, 1.165) is 0 Å². The fourth-order valence-corrected chi connectivity index (χ4v) is 1.23. The molecule has 0 amide bonds. The first-order chi connectivity index (χ1) is 5.31. The van der Waals surface area contributed by atoms with Crippen molar-refractivity contribution in [2.75, 3.05) is 20.1 Å². The van der Waals surface area contributed by atoms with Crippen LogP contribution in [-0.2, 0) is 0 Å². The van der Waals surface area contributed by atoms with Gasteiger partial charge in [0, 0.05) is 0 Å². The van der Waals surface area contributed by atoms with Crippen molar-refractivity contribution in [2.45, 2.75) is 46.0 Å². The zero-order valence-electron chi connectivity index (χ0n) is 8.40. The third kappa shape index (κ3) is 7.86. The average molecular weight is 157 g/mol. The van der Waals surface area contributed by atoms with Crippen molar-refractivity contribution >= 4 is 0 Å². The van der Waals surface area contributed by atoms with E-state index >= 15 is 0 Å². The standard InChI is InChI=1S/C7H15N.C3H8/c1-8-6-4-2-3-5-7-8;1-3-2/h2-7H2,1H3;3H2,1-2H3. The summed E-state index contributed by atoms with van der Waals surface area (Å²) in [5.74, 6) is 0. The highest BCUT2D eigenvalue weighted by molar-refractivity contribution is 4.57. The largest absolute Gasteiger partial charge is 0.306 e. The molecule has 1 aliphatic heterocycles. The molecule has 0 atom stereocenters. The Hall–Kier alpha value is -0.0400. The maximum Gasteiger partial charge on any atom is -0.00218 e. The van der Waals surface area contributed by atoms with Crippen LogP contribution in [0.2, 0.25) is 0 Å². The second-order valence-corrected chi connectivity index (χ2v) is 3.42. The third-order valence-corrected chi connectivity index (χ3v) is 1.83. The second kappa shape index (κ2) is 8.06. The fraction of sp³-hybridized carbons (Fsp3) is 1.00. The van der Waals surface area contributed by atoms with Crippen LogP contribution in [0.4, 0.5) is 0 Å². The molecule has 1 rings (SSSR count). The van der Waals surface area contributed by atoms with Crippen LogP contribution in [0, 0.1) is 0 Å². The molecule has 0 saturated carbocycles. The van der Waals surface area contributed by atoms with E-state index in [2.05, 4.69) is 25.8 Å². The number of hydrogen-bond acceptors (Lipinski definition) is 1. The van der Waals surface area contributed by atoms with Crippen LogP contribution in [0.3, 0.4) is 0 Å². The summed E-state index contributed by atoms with van der Waals surface area (Å²) in [6.45, 7) is 6.89. The van der Waals surface area contributed by atoms with Crippen LogP contribution in [-0.4, -0.2) is 25.0 Å². The van der Waals surface area contributed by atoms with Crippen molar-refractivity contribution in [1.82, 2.24) is 4.90 Å². The molecule has 0 aromatic heterocycles. The molecule has 0 aromatic carbocycles. The molecule has 0 N–H and O–H groups in total. The topological polar surface area (TPSA) is 3.24 Å². The highest BCUT2D eigenvalue weighted by Gasteiger charge is 2.01. The fourth-order valence-electron chi connectivity index (χ4n) is 1.23. The van der Waals surface area contributed by atoms with E-state index in [1.807, 2.05) is 0 Å². The molecule has 1 heteroatoms. The molecule has 11 heavy (non-hydrogen) atoms. The van der Waals surface area contributed by atoms with E-state index in [4.69, 9.17) is 0 Å². The number of rotatable bonds is 0. The first-order valence-corrected chi connectivity index (χ1v) is 4.99. The van der Waals surface area contributed by atoms with Crippen molar-refractivity contribution in [2.24, 2.45) is 0 Å². The van der Waals surface area contributed by atoms with Crippen molar-refractivity contribution in [3.63, 3.8) is 0 Å². The smallest absolute Gasteiger partial charge is 0.00218 e. The Kier molecular flexibility index (Phi) is 8.03. The predicted octanol–water partition coefficient (Wildman–Crippen LogP) is 2.91. The van der Waals surface area contributed by atoms with E-state index in [0.29, 0.717) is 0 Å². The van der Waals surface area contributed by atoms with Crippen LogP contribution >= 0.6 is 0 Å². The Morgan fingerprint density at radius 1 is 0.909 bits per heavy atom. The van der Waals surface area contributed by atoms with E-state index < -0.39 is 0 Å². The molecule has 0 radical (unpaired) electrons. The number of nitrogens with zero attached hydrogens (tertiary/aromatic N) is 1. The van der Waals surface area contributed by atoms with Gasteiger partial charge in [0.25, 0.3) is 0 Å². The van der Waals surface area contributed by atoms with E-state index in [1.54, 1.807) is 0 Å². The number of hydrogen-bond donors (Lipinski definition) is 0. The summed E-state index contributed by atoms with van der Waals surface area (Å²) in [7, 11) is 2.21. The van der Waals surface area contributed by atoms with Gasteiger partial charge in [-0.15, -0.1) is 0 Å². The van der Waals surface area contributed by atoms with Gasteiger partial charge in [0.2, 0.25) is 0 Å². The van der Waals surface area contributed by atoms with Crippen molar-refractivity contribution in [3.8, 4) is 0 Å². The summed E-state index contributed by atoms with van der Waals surface area (Å²) in [6.07, 6.45) is 6.97. The molecule has 1 fully saturated rings. The van der Waals surface area contributed by atoms with Crippen molar-refractivity contribution < 1.29 is 0 Å². The Morgan fingerprint density at radius 3 is 1.64 bits per heavy atom. The zero-order chi connectivity index (χ0) is 8.53. The van der Waals surface area contributed by atoms with Gasteiger partial charge in [-0.05, 0) is 33.0 Å². The normalized spacial score (nSPS) is 19.9. The van der Waals surface area contributed by atoms with E-state index in [1.165, 1.54) is 45.2 Å². The first kappa shape index (κ1) is 11.0. The molecular formula is C10H23N. The molecule has 0 bridgehead atoms. The van der Waals surface area contributed by atoms with Gasteiger partial charge >= 0.3 is 0 Å². The summed E-state index contributed by atoms with van der Waals surface area (Å²) in [6, 6.07) is 0. The molecule has 68 valence electrons. The highest BCUT2D eigenvalue weighted by Crippen LogP contribution is 2.06. The number of likely N-dealkylation sites (tertiary alicyclic amines) is 1. The van der Waals surface area contributed by atoms with Crippen LogP contribution in [0.25, 0.3) is 0 Å². The lowest BCUT2D eigenvalue weighted by Gasteiger charge is -2.10. The van der Waals surface area contributed by atoms with E-state index in [-0.39, 0.29) is 0 Å². The van der Waals surface area contributed by atoms with Gasteiger partial charge in [-0.1, -0.05) is 33.1 Å². The Balaban J connectivity index is 0.000000292. The van der Waals surface area contributed by atoms with E-state index in [9.17, 15) is 0 Å². The first-order valence-electron chi connectivity index (χ1n) is 4.99. The molecule has 0 spiro atoms. The quantitative estimate of drug-likeness (QED) is 0.522. The van der Waals surface area contributed by atoms with Gasteiger partial charge in [0.1, 0.15) is 0 Å². The van der Waals surface area contributed by atoms with Crippen LogP contribution in [0.5, 0.6) is 0 Å². The molecule has 1 nitrogen and oxygen atoms in total. The molecule has 0 aliphatic carbocycles. The minimum Gasteiger partial charge on any atom is -0.306 e. The maximum atomic E-state index is 2.42. The molecule has 0 unspecified atom stereocenters. The van der Waals surface area contributed by atoms with Gasteiger partial charge in [-0.25, -0.2) is 0 Å². The van der Waals surface area contributed by atoms with Gasteiger partial charge in [0.05, 0.1) is 0 Å². The summed E-state index contributed by atoms with van der Waals surface area (Å²) in [4.78, 5) is 2.42. The van der Waals surface area contributed by atoms with Crippen LogP contribution < -0.4 is 0 Å². The predicted molar refractivity (Wildman–Crippen MR) is 51.9 cm³/mol. The van der Waals surface area contributed by atoms with Gasteiger partial charge < -0.3 is 4.90 Å². The van der Waals surface area contributed by atoms with Gasteiger partial charge in [-0.2, -0.15) is 0 Å². The molecular weight excluding hydrogens is 134 g/mol. The zero-order valence-corrected chi connectivity index (χ0v) is 8.40. The molecule has 1 saturated heterocycles. The maximum absolute atomic E-state index is 2.42. The highest BCUT2D eigenvalue weighted by atomic mass is 15.1. The third-order valence-electron chi connectivity index (χ3n) is 1.83. The van der Waals surface area contributed by atoms with Crippen LogP contribution in [0.15, 0.2) is 0 Å². The summed E-state index contributed by atoms with van der Waals surface area (Å²) >= 11 is 0. The minimum atomic E-state index is 1.25. The van der Waals surface area contributed by atoms with Crippen molar-refractivity contribution in [3.05, 3.63) is 0 Å². The Labute approximate surface area is 71.8 Å². The molecule has 1 heterocycles. The molecule has 0 aromatic rings. The van der Waals surface area contributed by atoms with Crippen LogP contribution in [0.1, 0.15) is 46.0 Å². The summed E-state index contributed by atoms with van der Waals surface area (Å²) in [5.41, 5.74) is 0. The Bertz CT molecular complexity index is 63.3. The second-order valence-electron chi connectivity index (χ2n) is 3.42. The van der Waals surface area contributed by atoms with Crippen molar-refractivity contribution in [1.29, 1.82) is 0 Å². The lowest BCUT2D eigenvalue weighted by Crippen LogP contribution is -2.18. The lowest BCUT2D eigenvalue weighted by molar-refractivity contribution is 0.349. The molecule has 1 aliphatic rings.